The number of hydrogen-bond acceptors (Lipinski definition) is 3. The number of methoxy groups -OCH3 is 1. The van der Waals surface area contributed by atoms with Crippen molar-refractivity contribution in [3.05, 3.63) is 52.0 Å². The molecule has 0 aliphatic rings. The number of hydrogen-bond donors (Lipinski definition) is 2. The molecule has 0 aliphatic carbocycles. The third-order valence-electron chi connectivity index (χ3n) is 3.20. The molecule has 0 heterocycles. The van der Waals surface area contributed by atoms with E-state index in [1.165, 1.54) is 13.2 Å². The van der Waals surface area contributed by atoms with Gasteiger partial charge in [0.15, 0.2) is 0 Å². The molecule has 0 saturated carbocycles. The molecule has 4 nitrogen and oxygen atoms in total. The van der Waals surface area contributed by atoms with Gasteiger partial charge in [-0.15, -0.1) is 0 Å². The molecule has 5 heteroatoms. The highest BCUT2D eigenvalue weighted by Gasteiger charge is 2.12. The molecule has 0 unspecified atom stereocenters. The van der Waals surface area contributed by atoms with E-state index < -0.39 is 0 Å². The molecule has 2 rings (SSSR count). The number of aromatic hydroxyl groups is 1. The van der Waals surface area contributed by atoms with Crippen molar-refractivity contribution in [1.29, 1.82) is 0 Å². The van der Waals surface area contributed by atoms with Gasteiger partial charge in [0.1, 0.15) is 11.5 Å². The van der Waals surface area contributed by atoms with Gasteiger partial charge in [0.2, 0.25) is 0 Å². The Hall–Kier alpha value is -2.20. The van der Waals surface area contributed by atoms with E-state index in [9.17, 15) is 9.90 Å². The van der Waals surface area contributed by atoms with Crippen LogP contribution in [0.3, 0.4) is 0 Å². The number of anilines is 1. The number of carbonyl (C=O) groups is 1. The van der Waals surface area contributed by atoms with Crippen LogP contribution < -0.4 is 10.1 Å². The quantitative estimate of drug-likeness (QED) is 0.903. The fraction of sp³-hybridized carbons (Fsp3) is 0.188. The summed E-state index contributed by atoms with van der Waals surface area (Å²) in [6, 6.07) is 8.17. The first-order valence-electron chi connectivity index (χ1n) is 6.37. The van der Waals surface area contributed by atoms with Crippen LogP contribution in [-0.4, -0.2) is 18.1 Å². The van der Waals surface area contributed by atoms with Crippen LogP contribution in [0.5, 0.6) is 11.5 Å². The van der Waals surface area contributed by atoms with Gasteiger partial charge in [0.05, 0.1) is 12.8 Å². The highest BCUT2D eigenvalue weighted by molar-refractivity contribution is 6.31. The van der Waals surface area contributed by atoms with Gasteiger partial charge in [-0.25, -0.2) is 0 Å². The number of aryl methyl sites for hydroxylation is 2. The molecule has 0 atom stereocenters. The number of rotatable bonds is 3. The molecule has 1 amide bonds. The van der Waals surface area contributed by atoms with E-state index in [1.807, 2.05) is 6.92 Å². The van der Waals surface area contributed by atoms with Crippen LogP contribution in [-0.2, 0) is 0 Å². The van der Waals surface area contributed by atoms with E-state index >= 15 is 0 Å². The Morgan fingerprint density at radius 2 is 1.90 bits per heavy atom. The van der Waals surface area contributed by atoms with Crippen LogP contribution in [0.15, 0.2) is 30.3 Å². The monoisotopic (exact) mass is 305 g/mol. The van der Waals surface area contributed by atoms with Crippen molar-refractivity contribution in [2.45, 2.75) is 13.8 Å². The molecule has 0 aromatic heterocycles. The predicted molar refractivity (Wildman–Crippen MR) is 83.5 cm³/mol. The zero-order valence-electron chi connectivity index (χ0n) is 12.0. The molecule has 0 spiro atoms. The second-order valence-electron chi connectivity index (χ2n) is 4.76. The third kappa shape index (κ3) is 3.28. The van der Waals surface area contributed by atoms with Gasteiger partial charge in [-0.05, 0) is 43.2 Å². The first-order valence-corrected chi connectivity index (χ1v) is 6.75. The van der Waals surface area contributed by atoms with Gasteiger partial charge in [0.25, 0.3) is 5.91 Å². The van der Waals surface area contributed by atoms with Gasteiger partial charge >= 0.3 is 0 Å². The molecule has 0 radical (unpaired) electrons. The summed E-state index contributed by atoms with van der Waals surface area (Å²) in [6.07, 6.45) is 0. The molecular formula is C16H16ClNO3. The highest BCUT2D eigenvalue weighted by atomic mass is 35.5. The lowest BCUT2D eigenvalue weighted by Gasteiger charge is -2.12. The second-order valence-corrected chi connectivity index (χ2v) is 5.16. The summed E-state index contributed by atoms with van der Waals surface area (Å²) in [6.45, 7) is 3.61. The fourth-order valence-corrected chi connectivity index (χ4v) is 2.03. The summed E-state index contributed by atoms with van der Waals surface area (Å²) in [5.41, 5.74) is 2.45. The lowest BCUT2D eigenvalue weighted by atomic mass is 10.1. The standard InChI is InChI=1S/C16H16ClNO3/c1-9-4-5-11(7-14(9)19)16(20)18-13-6-10(2)12(17)8-15(13)21-3/h4-8,19H,1-3H3,(H,18,20). The van der Waals surface area contributed by atoms with E-state index in [1.54, 1.807) is 31.2 Å². The first-order chi connectivity index (χ1) is 9.92. The Kier molecular flexibility index (Phi) is 4.38. The van der Waals surface area contributed by atoms with Gasteiger partial charge < -0.3 is 15.2 Å². The molecule has 0 bridgehead atoms. The second kappa shape index (κ2) is 6.06. The number of ether oxygens (including phenoxy) is 1. The number of carbonyl (C=O) groups excluding carboxylic acids is 1. The van der Waals surface area contributed by atoms with Crippen molar-refractivity contribution < 1.29 is 14.6 Å². The average molecular weight is 306 g/mol. The third-order valence-corrected chi connectivity index (χ3v) is 3.61. The molecule has 2 aromatic carbocycles. The predicted octanol–water partition coefficient (Wildman–Crippen LogP) is 3.92. The maximum atomic E-state index is 12.2. The smallest absolute Gasteiger partial charge is 0.255 e. The van der Waals surface area contributed by atoms with Gasteiger partial charge in [-0.2, -0.15) is 0 Å². The minimum atomic E-state index is -0.328. The number of phenols is 1. The van der Waals surface area contributed by atoms with Gasteiger partial charge in [-0.1, -0.05) is 17.7 Å². The Morgan fingerprint density at radius 1 is 1.19 bits per heavy atom. The van der Waals surface area contributed by atoms with Gasteiger partial charge in [0, 0.05) is 16.7 Å². The van der Waals surface area contributed by atoms with Crippen LogP contribution >= 0.6 is 11.6 Å². The highest BCUT2D eigenvalue weighted by Crippen LogP contribution is 2.31. The summed E-state index contributed by atoms with van der Waals surface area (Å²) >= 11 is 6.03. The fourth-order valence-electron chi connectivity index (χ4n) is 1.87. The number of benzene rings is 2. The van der Waals surface area contributed by atoms with Crippen molar-refractivity contribution in [1.82, 2.24) is 0 Å². The van der Waals surface area contributed by atoms with E-state index in [-0.39, 0.29) is 11.7 Å². The summed E-state index contributed by atoms with van der Waals surface area (Å²) in [7, 11) is 1.51. The van der Waals surface area contributed by atoms with Crippen molar-refractivity contribution in [3.63, 3.8) is 0 Å². The molecule has 110 valence electrons. The Morgan fingerprint density at radius 3 is 2.52 bits per heavy atom. The first kappa shape index (κ1) is 15.2. The average Bonchev–Trinajstić information content (AvgIpc) is 2.45. The van der Waals surface area contributed by atoms with E-state index in [4.69, 9.17) is 16.3 Å². The number of amides is 1. The lowest BCUT2D eigenvalue weighted by molar-refractivity contribution is 0.102. The van der Waals surface area contributed by atoms with Crippen LogP contribution in [0.1, 0.15) is 21.5 Å². The minimum Gasteiger partial charge on any atom is -0.508 e. The SMILES string of the molecule is COc1cc(Cl)c(C)cc1NC(=O)c1ccc(C)c(O)c1. The molecule has 2 aromatic rings. The Labute approximate surface area is 128 Å². The van der Waals surface area contributed by atoms with Crippen LogP contribution in [0, 0.1) is 13.8 Å². The maximum Gasteiger partial charge on any atom is 0.255 e. The summed E-state index contributed by atoms with van der Waals surface area (Å²) in [5, 5.41) is 13.0. The Bertz CT molecular complexity index is 698. The van der Waals surface area contributed by atoms with Crippen molar-refractivity contribution in [3.8, 4) is 11.5 Å². The summed E-state index contributed by atoms with van der Waals surface area (Å²) in [4.78, 5) is 12.2. The topological polar surface area (TPSA) is 58.6 Å². The largest absolute Gasteiger partial charge is 0.508 e. The van der Waals surface area contributed by atoms with Crippen LogP contribution in [0.4, 0.5) is 5.69 Å². The van der Waals surface area contributed by atoms with Crippen LogP contribution in [0.2, 0.25) is 5.02 Å². The van der Waals surface area contributed by atoms with Crippen LogP contribution in [0.25, 0.3) is 0 Å². The molecule has 2 N–H and O–H groups in total. The minimum absolute atomic E-state index is 0.0851. The molecule has 0 saturated heterocycles. The maximum absolute atomic E-state index is 12.2. The van der Waals surface area contributed by atoms with Crippen molar-refractivity contribution >= 4 is 23.2 Å². The normalized spacial score (nSPS) is 10.3. The lowest BCUT2D eigenvalue weighted by Crippen LogP contribution is -2.13. The van der Waals surface area contributed by atoms with E-state index in [0.717, 1.165) is 5.56 Å². The number of phenolic OH excluding ortho intramolecular Hbond substituents is 1. The van der Waals surface area contributed by atoms with E-state index in [0.29, 0.717) is 27.6 Å². The summed E-state index contributed by atoms with van der Waals surface area (Å²) < 4.78 is 5.21. The Balaban J connectivity index is 2.31. The molecule has 21 heavy (non-hydrogen) atoms. The van der Waals surface area contributed by atoms with Crippen molar-refractivity contribution in [2.24, 2.45) is 0 Å². The molecular weight excluding hydrogens is 290 g/mol. The van der Waals surface area contributed by atoms with E-state index in [2.05, 4.69) is 5.32 Å². The zero-order chi connectivity index (χ0) is 15.6. The molecule has 0 fully saturated rings. The number of nitrogens with one attached hydrogen (secondary N) is 1. The molecule has 0 aliphatic heterocycles. The zero-order valence-corrected chi connectivity index (χ0v) is 12.8. The summed E-state index contributed by atoms with van der Waals surface area (Å²) in [5.74, 6) is 0.238. The van der Waals surface area contributed by atoms with Crippen molar-refractivity contribution in [2.75, 3.05) is 12.4 Å². The number of halogens is 1. The van der Waals surface area contributed by atoms with Gasteiger partial charge in [-0.3, -0.25) is 4.79 Å².